The molecule has 2 rings (SSSR count). The van der Waals surface area contributed by atoms with Crippen LogP contribution in [0.5, 0.6) is 5.75 Å². The number of benzene rings is 2. The van der Waals surface area contributed by atoms with Crippen molar-refractivity contribution in [2.24, 2.45) is 0 Å². The van der Waals surface area contributed by atoms with Crippen LogP contribution in [0.25, 0.3) is 0 Å². The SMILES string of the molecule is CCCOc1ccccc1NC(=O)C(C)SCC(=O)Nc1ccc(F)cc1. The molecule has 0 fully saturated rings. The van der Waals surface area contributed by atoms with Crippen LogP contribution in [0, 0.1) is 5.82 Å². The number of amides is 2. The molecule has 0 aromatic heterocycles. The van der Waals surface area contributed by atoms with Gasteiger partial charge in [0.25, 0.3) is 0 Å². The van der Waals surface area contributed by atoms with Crippen LogP contribution in [0.15, 0.2) is 48.5 Å². The average Bonchev–Trinajstić information content (AvgIpc) is 2.67. The Morgan fingerprint density at radius 2 is 1.81 bits per heavy atom. The maximum atomic E-state index is 12.9. The summed E-state index contributed by atoms with van der Waals surface area (Å²) in [4.78, 5) is 24.4. The number of carbonyl (C=O) groups excluding carboxylic acids is 2. The summed E-state index contributed by atoms with van der Waals surface area (Å²) in [5.74, 6) is -0.0881. The van der Waals surface area contributed by atoms with Crippen molar-refractivity contribution in [1.82, 2.24) is 0 Å². The van der Waals surface area contributed by atoms with Gasteiger partial charge in [0.2, 0.25) is 11.8 Å². The molecular weight excluding hydrogens is 367 g/mol. The van der Waals surface area contributed by atoms with Crippen molar-refractivity contribution in [3.8, 4) is 5.75 Å². The van der Waals surface area contributed by atoms with Gasteiger partial charge >= 0.3 is 0 Å². The zero-order valence-corrected chi connectivity index (χ0v) is 16.1. The maximum absolute atomic E-state index is 12.9. The Morgan fingerprint density at radius 3 is 2.52 bits per heavy atom. The molecule has 5 nitrogen and oxygen atoms in total. The molecule has 7 heteroatoms. The lowest BCUT2D eigenvalue weighted by atomic mass is 10.3. The number of rotatable bonds is 9. The maximum Gasteiger partial charge on any atom is 0.237 e. The van der Waals surface area contributed by atoms with Crippen LogP contribution >= 0.6 is 11.8 Å². The minimum Gasteiger partial charge on any atom is -0.491 e. The van der Waals surface area contributed by atoms with Crippen molar-refractivity contribution in [3.05, 3.63) is 54.3 Å². The number of anilines is 2. The zero-order chi connectivity index (χ0) is 19.6. The van der Waals surface area contributed by atoms with Gasteiger partial charge in [-0.1, -0.05) is 19.1 Å². The van der Waals surface area contributed by atoms with Gasteiger partial charge in [0, 0.05) is 5.69 Å². The molecule has 144 valence electrons. The van der Waals surface area contributed by atoms with Crippen molar-refractivity contribution in [3.63, 3.8) is 0 Å². The number of ether oxygens (including phenoxy) is 1. The van der Waals surface area contributed by atoms with Crippen molar-refractivity contribution in [1.29, 1.82) is 0 Å². The summed E-state index contributed by atoms with van der Waals surface area (Å²) >= 11 is 1.22. The summed E-state index contributed by atoms with van der Waals surface area (Å²) in [7, 11) is 0. The van der Waals surface area contributed by atoms with Crippen molar-refractivity contribution >= 4 is 35.0 Å². The number of nitrogens with one attached hydrogen (secondary N) is 2. The summed E-state index contributed by atoms with van der Waals surface area (Å²) in [5.41, 5.74) is 1.13. The number of hydrogen-bond donors (Lipinski definition) is 2. The van der Waals surface area contributed by atoms with E-state index >= 15 is 0 Å². The van der Waals surface area contributed by atoms with Crippen LogP contribution in [0.2, 0.25) is 0 Å². The molecule has 2 aromatic rings. The van der Waals surface area contributed by atoms with Gasteiger partial charge in [-0.3, -0.25) is 9.59 Å². The van der Waals surface area contributed by atoms with Gasteiger partial charge in [0.15, 0.2) is 0 Å². The standard InChI is InChI=1S/C20H23FN2O3S/c1-3-12-26-18-7-5-4-6-17(18)23-20(25)14(2)27-13-19(24)22-16-10-8-15(21)9-11-16/h4-11,14H,3,12-13H2,1-2H3,(H,22,24)(H,23,25). The second-order valence-corrected chi connectivity index (χ2v) is 7.17. The number of thioether (sulfide) groups is 1. The van der Waals surface area contributed by atoms with Gasteiger partial charge in [-0.25, -0.2) is 4.39 Å². The van der Waals surface area contributed by atoms with Gasteiger partial charge in [-0.2, -0.15) is 0 Å². The molecule has 0 saturated heterocycles. The fraction of sp³-hybridized carbons (Fsp3) is 0.300. The van der Waals surface area contributed by atoms with Crippen LogP contribution < -0.4 is 15.4 Å². The van der Waals surface area contributed by atoms with E-state index in [0.29, 0.717) is 23.7 Å². The Labute approximate surface area is 162 Å². The van der Waals surface area contributed by atoms with Gasteiger partial charge in [-0.15, -0.1) is 11.8 Å². The molecule has 0 spiro atoms. The highest BCUT2D eigenvalue weighted by atomic mass is 32.2. The lowest BCUT2D eigenvalue weighted by molar-refractivity contribution is -0.115. The van der Waals surface area contributed by atoms with Crippen LogP contribution in [0.3, 0.4) is 0 Å². The Bertz CT molecular complexity index is 768. The van der Waals surface area contributed by atoms with Crippen LogP contribution in [-0.4, -0.2) is 29.4 Å². The second-order valence-electron chi connectivity index (χ2n) is 5.84. The third-order valence-corrected chi connectivity index (χ3v) is 4.71. The molecule has 0 bridgehead atoms. The molecule has 1 unspecified atom stereocenters. The topological polar surface area (TPSA) is 67.4 Å². The molecule has 0 aliphatic carbocycles. The lowest BCUT2D eigenvalue weighted by Crippen LogP contribution is -2.25. The summed E-state index contributed by atoms with van der Waals surface area (Å²) < 4.78 is 18.5. The number of carbonyl (C=O) groups is 2. The molecule has 0 aliphatic rings. The highest BCUT2D eigenvalue weighted by Gasteiger charge is 2.17. The molecule has 0 aliphatic heterocycles. The number of halogens is 1. The van der Waals surface area contributed by atoms with E-state index in [9.17, 15) is 14.0 Å². The number of para-hydroxylation sites is 2. The Hall–Kier alpha value is -2.54. The summed E-state index contributed by atoms with van der Waals surface area (Å²) in [6, 6.07) is 12.8. The largest absolute Gasteiger partial charge is 0.491 e. The first kappa shape index (κ1) is 20.8. The van der Waals surface area contributed by atoms with E-state index in [1.54, 1.807) is 19.1 Å². The predicted octanol–water partition coefficient (Wildman–Crippen LogP) is 4.31. The van der Waals surface area contributed by atoms with Gasteiger partial charge in [-0.05, 0) is 49.7 Å². The highest BCUT2D eigenvalue weighted by Crippen LogP contribution is 2.25. The molecule has 0 heterocycles. The Kier molecular flexibility index (Phi) is 8.13. The van der Waals surface area contributed by atoms with Gasteiger partial charge in [0.05, 0.1) is 23.3 Å². The van der Waals surface area contributed by atoms with E-state index < -0.39 is 5.25 Å². The first-order valence-electron chi connectivity index (χ1n) is 8.69. The van der Waals surface area contributed by atoms with Crippen molar-refractivity contribution in [2.75, 3.05) is 23.0 Å². The number of hydrogen-bond acceptors (Lipinski definition) is 4. The monoisotopic (exact) mass is 390 g/mol. The summed E-state index contributed by atoms with van der Waals surface area (Å²) in [6.45, 7) is 4.32. The predicted molar refractivity (Wildman–Crippen MR) is 108 cm³/mol. The fourth-order valence-corrected chi connectivity index (χ4v) is 2.83. The zero-order valence-electron chi connectivity index (χ0n) is 15.3. The minimum absolute atomic E-state index is 0.111. The van der Waals surface area contributed by atoms with Gasteiger partial charge in [0.1, 0.15) is 11.6 Å². The molecule has 1 atom stereocenters. The Balaban J connectivity index is 1.83. The third kappa shape index (κ3) is 6.94. The van der Waals surface area contributed by atoms with Crippen LogP contribution in [-0.2, 0) is 9.59 Å². The van der Waals surface area contributed by atoms with E-state index in [1.165, 1.54) is 36.0 Å². The smallest absolute Gasteiger partial charge is 0.237 e. The molecule has 0 radical (unpaired) electrons. The fourth-order valence-electron chi connectivity index (χ4n) is 2.15. The molecule has 0 saturated carbocycles. The van der Waals surface area contributed by atoms with Crippen LogP contribution in [0.1, 0.15) is 20.3 Å². The molecule has 27 heavy (non-hydrogen) atoms. The van der Waals surface area contributed by atoms with E-state index in [1.807, 2.05) is 19.1 Å². The molecule has 2 N–H and O–H groups in total. The normalized spacial score (nSPS) is 11.5. The van der Waals surface area contributed by atoms with Crippen molar-refractivity contribution in [2.45, 2.75) is 25.5 Å². The van der Waals surface area contributed by atoms with Crippen molar-refractivity contribution < 1.29 is 18.7 Å². The van der Waals surface area contributed by atoms with E-state index in [4.69, 9.17) is 4.74 Å². The third-order valence-electron chi connectivity index (χ3n) is 3.57. The molecule has 2 aromatic carbocycles. The minimum atomic E-state index is -0.428. The molecule has 2 amide bonds. The quantitative estimate of drug-likeness (QED) is 0.669. The molecular formula is C20H23FN2O3S. The Morgan fingerprint density at radius 1 is 1.11 bits per heavy atom. The van der Waals surface area contributed by atoms with E-state index in [2.05, 4.69) is 10.6 Å². The van der Waals surface area contributed by atoms with E-state index in [-0.39, 0.29) is 23.4 Å². The average molecular weight is 390 g/mol. The highest BCUT2D eigenvalue weighted by molar-refractivity contribution is 8.01. The first-order chi connectivity index (χ1) is 13.0. The van der Waals surface area contributed by atoms with E-state index in [0.717, 1.165) is 6.42 Å². The summed E-state index contributed by atoms with van der Waals surface area (Å²) in [5, 5.41) is 5.08. The summed E-state index contributed by atoms with van der Waals surface area (Å²) in [6.07, 6.45) is 0.873. The van der Waals surface area contributed by atoms with Crippen LogP contribution in [0.4, 0.5) is 15.8 Å². The lowest BCUT2D eigenvalue weighted by Gasteiger charge is -2.15. The second kappa shape index (κ2) is 10.6. The first-order valence-corrected chi connectivity index (χ1v) is 9.74. The van der Waals surface area contributed by atoms with Gasteiger partial charge < -0.3 is 15.4 Å².